The lowest BCUT2D eigenvalue weighted by Gasteiger charge is -2.10. The third-order valence-electron chi connectivity index (χ3n) is 0.728. The molecule has 0 saturated carbocycles. The predicted octanol–water partition coefficient (Wildman–Crippen LogP) is 3.23. The second-order valence-corrected chi connectivity index (χ2v) is 12.2. The van der Waals surface area contributed by atoms with Crippen molar-refractivity contribution < 1.29 is 9.05 Å². The molecule has 12 heavy (non-hydrogen) atoms. The van der Waals surface area contributed by atoms with Gasteiger partial charge < -0.3 is 9.05 Å². The minimum Gasteiger partial charge on any atom is -0.430 e. The van der Waals surface area contributed by atoms with Gasteiger partial charge in [-0.2, -0.15) is 0 Å². The van der Waals surface area contributed by atoms with Crippen LogP contribution in [0.4, 0.5) is 0 Å². The largest absolute Gasteiger partial charge is 0.430 e. The van der Waals surface area contributed by atoms with Crippen LogP contribution in [0.5, 0.6) is 0 Å². The second kappa shape index (κ2) is 7.72. The first-order chi connectivity index (χ1) is 5.60. The number of hydrogen-bond acceptors (Lipinski definition) is 6. The molecular weight excluding hydrogens is 270 g/mol. The summed E-state index contributed by atoms with van der Waals surface area (Å²) < 4.78 is 10.4. The van der Waals surface area contributed by atoms with Gasteiger partial charge in [0.1, 0.15) is 0 Å². The van der Waals surface area contributed by atoms with Gasteiger partial charge in [-0.25, -0.2) is 0 Å². The summed E-state index contributed by atoms with van der Waals surface area (Å²) in [5.74, 6) is 0.284. The van der Waals surface area contributed by atoms with Crippen LogP contribution in [-0.2, 0) is 32.7 Å². The molecule has 0 N–H and O–H groups in total. The van der Waals surface area contributed by atoms with E-state index in [2.05, 4.69) is 6.58 Å². The van der Waals surface area contributed by atoms with E-state index in [1.165, 1.54) is 22.8 Å². The summed E-state index contributed by atoms with van der Waals surface area (Å²) in [4.78, 5) is 0. The summed E-state index contributed by atoms with van der Waals surface area (Å²) in [7, 11) is 0. The molecule has 0 bridgehead atoms. The first-order valence-electron chi connectivity index (χ1n) is 2.80. The number of rotatable bonds is 6. The first kappa shape index (κ1) is 13.3. The van der Waals surface area contributed by atoms with Gasteiger partial charge in [0.05, 0.1) is 0 Å². The zero-order valence-electron chi connectivity index (χ0n) is 6.66. The quantitative estimate of drug-likeness (QED) is 0.545. The maximum absolute atomic E-state index is 5.18. The molecule has 2 atom stereocenters. The zero-order valence-corrected chi connectivity index (χ0v) is 11.9. The Morgan fingerprint density at radius 2 is 1.50 bits per heavy atom. The van der Waals surface area contributed by atoms with E-state index in [1.807, 2.05) is 12.5 Å². The lowest BCUT2D eigenvalue weighted by Crippen LogP contribution is -1.79. The van der Waals surface area contributed by atoms with Gasteiger partial charge in [-0.15, -0.1) is 0 Å². The molecule has 2 nitrogen and oxygen atoms in total. The Bertz CT molecular complexity index is 187. The Morgan fingerprint density at radius 1 is 1.17 bits per heavy atom. The smallest absolute Gasteiger partial charge is 0.279 e. The topological polar surface area (TPSA) is 18.5 Å². The standard InChI is InChI=1S/C4H10O2P2S4/c1-4(5-7(9)11-2)6-8(10)12-3/h7-8H,1H2,2-3H3. The van der Waals surface area contributed by atoms with Gasteiger partial charge in [-0.1, -0.05) is 22.8 Å². The summed E-state index contributed by atoms with van der Waals surface area (Å²) in [6.45, 7) is 3.58. The second-order valence-electron chi connectivity index (χ2n) is 1.48. The average Bonchev–Trinajstić information content (AvgIpc) is 2.03. The Balaban J connectivity index is 3.74. The van der Waals surface area contributed by atoms with Crippen LogP contribution in [0.1, 0.15) is 0 Å². The van der Waals surface area contributed by atoms with Gasteiger partial charge in [-0.3, -0.25) is 0 Å². The third-order valence-corrected chi connectivity index (χ3v) is 8.18. The maximum atomic E-state index is 5.18. The molecule has 2 unspecified atom stereocenters. The lowest BCUT2D eigenvalue weighted by atomic mass is 11.1. The van der Waals surface area contributed by atoms with Crippen LogP contribution in [0.2, 0.25) is 0 Å². The normalized spacial score (nSPS) is 14.8. The van der Waals surface area contributed by atoms with E-state index in [0.717, 1.165) is 0 Å². The van der Waals surface area contributed by atoms with Crippen molar-refractivity contribution in [1.29, 1.82) is 0 Å². The van der Waals surface area contributed by atoms with E-state index in [-0.39, 0.29) is 5.95 Å². The van der Waals surface area contributed by atoms with Gasteiger partial charge >= 0.3 is 0 Å². The molecule has 0 rings (SSSR count). The van der Waals surface area contributed by atoms with Crippen molar-refractivity contribution in [2.75, 3.05) is 12.5 Å². The van der Waals surface area contributed by atoms with E-state index in [9.17, 15) is 0 Å². The van der Waals surface area contributed by atoms with E-state index in [4.69, 9.17) is 32.7 Å². The molecule has 0 amide bonds. The van der Waals surface area contributed by atoms with Gasteiger partial charge in [0.15, 0.2) is 12.3 Å². The fraction of sp³-hybridized carbons (Fsp3) is 0.500. The lowest BCUT2D eigenvalue weighted by molar-refractivity contribution is 0.281. The molecule has 0 radical (unpaired) electrons. The third kappa shape index (κ3) is 6.81. The Morgan fingerprint density at radius 3 is 1.75 bits per heavy atom. The van der Waals surface area contributed by atoms with Crippen molar-refractivity contribution in [3.05, 3.63) is 12.5 Å². The van der Waals surface area contributed by atoms with Crippen LogP contribution < -0.4 is 0 Å². The molecule has 0 aliphatic heterocycles. The van der Waals surface area contributed by atoms with Gasteiger partial charge in [0.25, 0.3) is 5.95 Å². The van der Waals surface area contributed by atoms with Crippen LogP contribution >= 0.6 is 35.0 Å². The highest BCUT2D eigenvalue weighted by Gasteiger charge is 2.00. The Hall–Kier alpha value is 1.34. The Kier molecular flexibility index (Phi) is 8.58. The monoisotopic (exact) mass is 280 g/mol. The fourth-order valence-corrected chi connectivity index (χ4v) is 2.61. The molecule has 0 aliphatic carbocycles. The van der Waals surface area contributed by atoms with Crippen molar-refractivity contribution >= 4 is 58.6 Å². The van der Waals surface area contributed by atoms with Crippen molar-refractivity contribution in [1.82, 2.24) is 0 Å². The molecule has 0 fully saturated rings. The molecule has 0 saturated heterocycles. The highest BCUT2D eigenvalue weighted by molar-refractivity contribution is 8.63. The van der Waals surface area contributed by atoms with Crippen LogP contribution in [-0.4, -0.2) is 12.5 Å². The summed E-state index contributed by atoms with van der Waals surface area (Å²) in [5, 5.41) is 0. The first-order valence-corrected chi connectivity index (χ1v) is 11.8. The molecule has 8 heteroatoms. The van der Waals surface area contributed by atoms with E-state index < -0.39 is 12.3 Å². The van der Waals surface area contributed by atoms with E-state index in [1.54, 1.807) is 0 Å². The van der Waals surface area contributed by atoms with E-state index >= 15 is 0 Å². The minimum atomic E-state index is -1.25. The maximum Gasteiger partial charge on any atom is 0.279 e. The van der Waals surface area contributed by atoms with E-state index in [0.29, 0.717) is 0 Å². The SMILES string of the molecule is C=C(O[PH](=S)SC)O[PH](=S)SC. The molecule has 0 heterocycles. The molecular formula is C4H10O2P2S4. The average molecular weight is 280 g/mol. The van der Waals surface area contributed by atoms with Gasteiger partial charge in [0.2, 0.25) is 0 Å². The highest BCUT2D eigenvalue weighted by atomic mass is 32.9. The summed E-state index contributed by atoms with van der Waals surface area (Å²) in [6.07, 6.45) is 1.32. The van der Waals surface area contributed by atoms with Crippen molar-refractivity contribution in [2.24, 2.45) is 0 Å². The Labute approximate surface area is 92.4 Å². The molecule has 0 aromatic rings. The summed E-state index contributed by atoms with van der Waals surface area (Å²) in [6, 6.07) is 0. The predicted molar refractivity (Wildman–Crippen MR) is 69.7 cm³/mol. The molecule has 72 valence electrons. The van der Waals surface area contributed by atoms with Crippen molar-refractivity contribution in [3.8, 4) is 0 Å². The number of hydrogen-bond donors (Lipinski definition) is 0. The fourth-order valence-electron chi connectivity index (χ4n) is 0.290. The van der Waals surface area contributed by atoms with Crippen LogP contribution in [0, 0.1) is 0 Å². The van der Waals surface area contributed by atoms with Crippen molar-refractivity contribution in [3.63, 3.8) is 0 Å². The molecule has 0 aliphatic rings. The molecule has 0 spiro atoms. The molecule has 0 aromatic heterocycles. The summed E-state index contributed by atoms with van der Waals surface area (Å²) >= 11 is 13.0. The van der Waals surface area contributed by atoms with Crippen LogP contribution in [0.3, 0.4) is 0 Å². The van der Waals surface area contributed by atoms with Crippen molar-refractivity contribution in [2.45, 2.75) is 0 Å². The van der Waals surface area contributed by atoms with Gasteiger partial charge in [-0.05, 0) is 42.7 Å². The highest BCUT2D eigenvalue weighted by Crippen LogP contribution is 2.44. The molecule has 0 aromatic carbocycles. The van der Waals surface area contributed by atoms with Crippen LogP contribution in [0.25, 0.3) is 0 Å². The zero-order chi connectivity index (χ0) is 9.56. The summed E-state index contributed by atoms with van der Waals surface area (Å²) in [5.41, 5.74) is 0. The minimum absolute atomic E-state index is 0.284. The van der Waals surface area contributed by atoms with Crippen LogP contribution in [0.15, 0.2) is 12.5 Å². The van der Waals surface area contributed by atoms with Gasteiger partial charge in [0, 0.05) is 0 Å².